The van der Waals surface area contributed by atoms with Crippen molar-refractivity contribution < 1.29 is 0 Å². The van der Waals surface area contributed by atoms with E-state index >= 15 is 0 Å². The highest BCUT2D eigenvalue weighted by molar-refractivity contribution is 14.1. The number of hydrogen-bond acceptors (Lipinski definition) is 3. The molecular weight excluding hydrogens is 317 g/mol. The van der Waals surface area contributed by atoms with Gasteiger partial charge in [-0.3, -0.25) is 9.36 Å². The maximum absolute atomic E-state index is 11.7. The van der Waals surface area contributed by atoms with Gasteiger partial charge in [0.15, 0.2) is 0 Å². The summed E-state index contributed by atoms with van der Waals surface area (Å²) in [6.45, 7) is 1.56. The largest absolute Gasteiger partial charge is 0.312 e. The minimum Gasteiger partial charge on any atom is -0.312 e. The first-order chi connectivity index (χ1) is 7.77. The van der Waals surface area contributed by atoms with Crippen molar-refractivity contribution in [3.8, 4) is 0 Å². The SMILES string of the molecule is O=c1c(I)cncn1CCNC1CCCC1. The summed E-state index contributed by atoms with van der Waals surface area (Å²) < 4.78 is 2.35. The molecule has 4 nitrogen and oxygen atoms in total. The van der Waals surface area contributed by atoms with E-state index in [0.29, 0.717) is 16.2 Å². The van der Waals surface area contributed by atoms with Gasteiger partial charge in [0.2, 0.25) is 0 Å². The summed E-state index contributed by atoms with van der Waals surface area (Å²) >= 11 is 2.02. The van der Waals surface area contributed by atoms with Crippen molar-refractivity contribution in [2.24, 2.45) is 0 Å². The lowest BCUT2D eigenvalue weighted by Gasteiger charge is -2.12. The van der Waals surface area contributed by atoms with Gasteiger partial charge in [0, 0.05) is 25.3 Å². The van der Waals surface area contributed by atoms with Crippen molar-refractivity contribution in [2.75, 3.05) is 6.54 Å². The lowest BCUT2D eigenvalue weighted by molar-refractivity contribution is 0.489. The molecule has 0 radical (unpaired) electrons. The van der Waals surface area contributed by atoms with Crippen LogP contribution in [0.1, 0.15) is 25.7 Å². The zero-order valence-corrected chi connectivity index (χ0v) is 11.3. The number of aromatic nitrogens is 2. The summed E-state index contributed by atoms with van der Waals surface area (Å²) in [5.74, 6) is 0. The molecule has 0 spiro atoms. The molecule has 1 saturated carbocycles. The first-order valence-electron chi connectivity index (χ1n) is 5.70. The molecule has 1 N–H and O–H groups in total. The predicted octanol–water partition coefficient (Wildman–Crippen LogP) is 1.38. The summed E-state index contributed by atoms with van der Waals surface area (Å²) in [6, 6.07) is 0.659. The summed E-state index contributed by atoms with van der Waals surface area (Å²) in [5, 5.41) is 3.49. The molecule has 0 bridgehead atoms. The molecule has 0 aromatic carbocycles. The average Bonchev–Trinajstić information content (AvgIpc) is 2.77. The molecule has 1 heterocycles. The van der Waals surface area contributed by atoms with E-state index in [9.17, 15) is 4.79 Å². The van der Waals surface area contributed by atoms with Crippen molar-refractivity contribution in [2.45, 2.75) is 38.3 Å². The maximum atomic E-state index is 11.7. The van der Waals surface area contributed by atoms with Crippen molar-refractivity contribution in [3.05, 3.63) is 26.4 Å². The van der Waals surface area contributed by atoms with Gasteiger partial charge in [-0.1, -0.05) is 12.8 Å². The topological polar surface area (TPSA) is 46.9 Å². The molecule has 16 heavy (non-hydrogen) atoms. The molecule has 0 atom stereocenters. The van der Waals surface area contributed by atoms with Gasteiger partial charge in [0.25, 0.3) is 5.56 Å². The quantitative estimate of drug-likeness (QED) is 0.847. The second kappa shape index (κ2) is 5.77. The Morgan fingerprint density at radius 3 is 3.00 bits per heavy atom. The van der Waals surface area contributed by atoms with Crippen LogP contribution in [0.4, 0.5) is 0 Å². The third kappa shape index (κ3) is 3.04. The summed E-state index contributed by atoms with van der Waals surface area (Å²) in [6.07, 6.45) is 8.44. The average molecular weight is 333 g/mol. The van der Waals surface area contributed by atoms with Gasteiger partial charge in [0.1, 0.15) is 0 Å². The van der Waals surface area contributed by atoms with Crippen LogP contribution in [0.15, 0.2) is 17.3 Å². The molecule has 1 aromatic heterocycles. The fourth-order valence-corrected chi connectivity index (χ4v) is 2.57. The Hall–Kier alpha value is -0.430. The summed E-state index contributed by atoms with van der Waals surface area (Å²) in [7, 11) is 0. The van der Waals surface area contributed by atoms with Gasteiger partial charge >= 0.3 is 0 Å². The smallest absolute Gasteiger partial charge is 0.266 e. The Bertz CT molecular complexity index is 398. The lowest BCUT2D eigenvalue weighted by atomic mass is 10.2. The zero-order valence-electron chi connectivity index (χ0n) is 9.16. The van der Waals surface area contributed by atoms with E-state index < -0.39 is 0 Å². The molecule has 1 fully saturated rings. The molecule has 0 saturated heterocycles. The second-order valence-corrected chi connectivity index (χ2v) is 5.34. The van der Waals surface area contributed by atoms with E-state index in [0.717, 1.165) is 6.54 Å². The van der Waals surface area contributed by atoms with Crippen molar-refractivity contribution in [1.82, 2.24) is 14.9 Å². The Morgan fingerprint density at radius 2 is 2.25 bits per heavy atom. The maximum Gasteiger partial charge on any atom is 0.266 e. The number of nitrogens with zero attached hydrogens (tertiary/aromatic N) is 2. The van der Waals surface area contributed by atoms with Crippen LogP contribution >= 0.6 is 22.6 Å². The molecule has 5 heteroatoms. The van der Waals surface area contributed by atoms with E-state index in [4.69, 9.17) is 0 Å². The van der Waals surface area contributed by atoms with Crippen molar-refractivity contribution >= 4 is 22.6 Å². The molecule has 0 unspecified atom stereocenters. The predicted molar refractivity (Wildman–Crippen MR) is 71.5 cm³/mol. The van der Waals surface area contributed by atoms with Gasteiger partial charge in [-0.15, -0.1) is 0 Å². The number of halogens is 1. The summed E-state index contributed by atoms with van der Waals surface area (Å²) in [4.78, 5) is 15.7. The zero-order chi connectivity index (χ0) is 11.4. The minimum atomic E-state index is 0.0591. The minimum absolute atomic E-state index is 0.0591. The molecule has 1 aliphatic rings. The van der Waals surface area contributed by atoms with Crippen LogP contribution in [-0.4, -0.2) is 22.1 Å². The fourth-order valence-electron chi connectivity index (χ4n) is 2.10. The second-order valence-electron chi connectivity index (χ2n) is 4.18. The van der Waals surface area contributed by atoms with Gasteiger partial charge in [-0.05, 0) is 35.4 Å². The van der Waals surface area contributed by atoms with Crippen LogP contribution in [0, 0.1) is 3.57 Å². The Morgan fingerprint density at radius 1 is 1.50 bits per heavy atom. The molecule has 1 aliphatic carbocycles. The van der Waals surface area contributed by atoms with Crippen LogP contribution in [0.5, 0.6) is 0 Å². The number of hydrogen-bond donors (Lipinski definition) is 1. The third-order valence-electron chi connectivity index (χ3n) is 3.00. The molecule has 1 aromatic rings. The molecule has 0 aliphatic heterocycles. The van der Waals surface area contributed by atoms with Crippen LogP contribution in [-0.2, 0) is 6.54 Å². The van der Waals surface area contributed by atoms with Crippen LogP contribution in [0.3, 0.4) is 0 Å². The highest BCUT2D eigenvalue weighted by atomic mass is 127. The standard InChI is InChI=1S/C11H16IN3O/c12-10-7-13-8-15(11(10)16)6-5-14-9-3-1-2-4-9/h7-9,14H,1-6H2. The highest BCUT2D eigenvalue weighted by Crippen LogP contribution is 2.17. The van der Waals surface area contributed by atoms with Crippen LogP contribution in [0.25, 0.3) is 0 Å². The third-order valence-corrected chi connectivity index (χ3v) is 3.74. The molecule has 88 valence electrons. The summed E-state index contributed by atoms with van der Waals surface area (Å²) in [5.41, 5.74) is 0.0591. The van der Waals surface area contributed by atoms with Crippen LogP contribution in [0.2, 0.25) is 0 Å². The number of rotatable bonds is 4. The van der Waals surface area contributed by atoms with E-state index in [-0.39, 0.29) is 5.56 Å². The Labute approximate surface area is 109 Å². The Kier molecular flexibility index (Phi) is 4.34. The van der Waals surface area contributed by atoms with Gasteiger partial charge < -0.3 is 5.32 Å². The van der Waals surface area contributed by atoms with Crippen LogP contribution < -0.4 is 10.9 Å². The van der Waals surface area contributed by atoms with E-state index in [2.05, 4.69) is 10.3 Å². The van der Waals surface area contributed by atoms with E-state index in [1.54, 1.807) is 17.1 Å². The Balaban J connectivity index is 1.85. The number of nitrogens with one attached hydrogen (secondary N) is 1. The van der Waals surface area contributed by atoms with Gasteiger partial charge in [-0.25, -0.2) is 4.98 Å². The highest BCUT2D eigenvalue weighted by Gasteiger charge is 2.13. The van der Waals surface area contributed by atoms with E-state index in [1.807, 2.05) is 22.6 Å². The van der Waals surface area contributed by atoms with Gasteiger partial charge in [-0.2, -0.15) is 0 Å². The first-order valence-corrected chi connectivity index (χ1v) is 6.78. The van der Waals surface area contributed by atoms with Gasteiger partial charge in [0.05, 0.1) is 9.90 Å². The molecular formula is C11H16IN3O. The fraction of sp³-hybridized carbons (Fsp3) is 0.636. The normalized spacial score (nSPS) is 16.8. The van der Waals surface area contributed by atoms with Crippen molar-refractivity contribution in [1.29, 1.82) is 0 Å². The van der Waals surface area contributed by atoms with Crippen molar-refractivity contribution in [3.63, 3.8) is 0 Å². The first kappa shape index (κ1) is 12.0. The lowest BCUT2D eigenvalue weighted by Crippen LogP contribution is -2.32. The molecule has 0 amide bonds. The monoisotopic (exact) mass is 333 g/mol. The molecule has 2 rings (SSSR count). The van der Waals surface area contributed by atoms with E-state index in [1.165, 1.54) is 25.7 Å².